The average molecular weight is 381 g/mol. The number of benzene rings is 1. The Morgan fingerprint density at radius 1 is 1.12 bits per heavy atom. The summed E-state index contributed by atoms with van der Waals surface area (Å²) >= 11 is 5.11. The molecule has 0 radical (unpaired) electrons. The third-order valence-electron chi connectivity index (χ3n) is 3.17. The van der Waals surface area contributed by atoms with Gasteiger partial charge in [0.15, 0.2) is 11.7 Å². The van der Waals surface area contributed by atoms with Crippen LogP contribution in [0.4, 0.5) is 0 Å². The number of hydrogen-bond donors (Lipinski definition) is 4. The molecule has 4 N–H and O–H groups in total. The highest BCUT2D eigenvalue weighted by molar-refractivity contribution is 7.80. The zero-order valence-corrected chi connectivity index (χ0v) is 16.7. The fourth-order valence-electron chi connectivity index (χ4n) is 1.98. The number of rotatable bonds is 6. The summed E-state index contributed by atoms with van der Waals surface area (Å²) in [6, 6.07) is 8.29. The van der Waals surface area contributed by atoms with Gasteiger partial charge in [-0.3, -0.25) is 20.4 Å². The van der Waals surface area contributed by atoms with Crippen LogP contribution in [0.25, 0.3) is 0 Å². The molecule has 1 atom stereocenters. The smallest absolute Gasteiger partial charge is 0.261 e. The zero-order chi connectivity index (χ0) is 19.7. The van der Waals surface area contributed by atoms with E-state index in [0.29, 0.717) is 10.9 Å². The summed E-state index contributed by atoms with van der Waals surface area (Å²) in [5.74, 6) is -0.278. The molecule has 0 aliphatic heterocycles. The van der Waals surface area contributed by atoms with Gasteiger partial charge < -0.3 is 15.4 Å². The van der Waals surface area contributed by atoms with Crippen molar-refractivity contribution < 1.29 is 14.3 Å². The number of thiocarbonyl (C=S) groups is 1. The van der Waals surface area contributed by atoms with Gasteiger partial charge in [-0.05, 0) is 51.0 Å². The maximum absolute atomic E-state index is 12.3. The summed E-state index contributed by atoms with van der Waals surface area (Å²) in [5, 5.41) is 6.00. The molecule has 0 saturated carbocycles. The Balaban J connectivity index is 2.49. The SMILES string of the molecule is CC(C)[C@H](NC(=O)COc1ccccc1)C(=O)NNC(=S)NC(C)(C)C. The fourth-order valence-corrected chi connectivity index (χ4v) is 2.34. The molecule has 1 rings (SSSR count). The van der Waals surface area contributed by atoms with Crippen LogP contribution >= 0.6 is 12.2 Å². The summed E-state index contributed by atoms with van der Waals surface area (Å²) in [6.45, 7) is 9.37. The van der Waals surface area contributed by atoms with Crippen LogP contribution in [0.2, 0.25) is 0 Å². The van der Waals surface area contributed by atoms with Crippen molar-refractivity contribution in [3.05, 3.63) is 30.3 Å². The van der Waals surface area contributed by atoms with Crippen molar-refractivity contribution in [2.75, 3.05) is 6.61 Å². The molecule has 0 unspecified atom stereocenters. The lowest BCUT2D eigenvalue weighted by Gasteiger charge is -2.25. The van der Waals surface area contributed by atoms with E-state index in [9.17, 15) is 9.59 Å². The normalized spacial score (nSPS) is 12.1. The molecule has 8 heteroatoms. The van der Waals surface area contributed by atoms with E-state index >= 15 is 0 Å². The predicted octanol–water partition coefficient (Wildman–Crippen LogP) is 1.50. The Hall–Kier alpha value is -2.35. The van der Waals surface area contributed by atoms with E-state index in [1.165, 1.54) is 0 Å². The monoisotopic (exact) mass is 380 g/mol. The topological polar surface area (TPSA) is 91.5 Å². The first-order valence-electron chi connectivity index (χ1n) is 8.43. The summed E-state index contributed by atoms with van der Waals surface area (Å²) in [7, 11) is 0. The van der Waals surface area contributed by atoms with Crippen molar-refractivity contribution in [3.63, 3.8) is 0 Å². The molecule has 1 aromatic carbocycles. The molecule has 7 nitrogen and oxygen atoms in total. The van der Waals surface area contributed by atoms with Crippen LogP contribution in [0.3, 0.4) is 0 Å². The second-order valence-electron chi connectivity index (χ2n) is 7.21. The number of carbonyl (C=O) groups excluding carboxylic acids is 2. The van der Waals surface area contributed by atoms with Crippen molar-refractivity contribution in [2.24, 2.45) is 5.92 Å². The molecule has 0 aliphatic rings. The molecule has 2 amide bonds. The average Bonchev–Trinajstić information content (AvgIpc) is 2.55. The largest absolute Gasteiger partial charge is 0.484 e. The van der Waals surface area contributed by atoms with Crippen LogP contribution < -0.4 is 26.2 Å². The van der Waals surface area contributed by atoms with E-state index in [0.717, 1.165) is 0 Å². The second-order valence-corrected chi connectivity index (χ2v) is 7.62. The van der Waals surface area contributed by atoms with E-state index in [4.69, 9.17) is 17.0 Å². The minimum absolute atomic E-state index is 0.110. The van der Waals surface area contributed by atoms with E-state index < -0.39 is 6.04 Å². The highest BCUT2D eigenvalue weighted by Gasteiger charge is 2.24. The Morgan fingerprint density at radius 2 is 1.73 bits per heavy atom. The third-order valence-corrected chi connectivity index (χ3v) is 3.37. The van der Waals surface area contributed by atoms with E-state index in [2.05, 4.69) is 21.5 Å². The van der Waals surface area contributed by atoms with Gasteiger partial charge in [-0.25, -0.2) is 0 Å². The molecule has 0 aromatic heterocycles. The van der Waals surface area contributed by atoms with E-state index in [-0.39, 0.29) is 29.9 Å². The summed E-state index contributed by atoms with van der Waals surface area (Å²) in [4.78, 5) is 24.4. The quantitative estimate of drug-likeness (QED) is 0.442. The number of carbonyl (C=O) groups is 2. The highest BCUT2D eigenvalue weighted by atomic mass is 32.1. The number of hydrogen-bond acceptors (Lipinski definition) is 4. The molecule has 26 heavy (non-hydrogen) atoms. The Morgan fingerprint density at radius 3 is 2.27 bits per heavy atom. The van der Waals surface area contributed by atoms with E-state index in [1.807, 2.05) is 52.8 Å². The van der Waals surface area contributed by atoms with Gasteiger partial charge in [0, 0.05) is 5.54 Å². The van der Waals surface area contributed by atoms with Gasteiger partial charge in [0.05, 0.1) is 0 Å². The number of hydrazine groups is 1. The maximum atomic E-state index is 12.3. The molecule has 1 aromatic rings. The molecular formula is C18H28N4O3S. The Bertz CT molecular complexity index is 615. The van der Waals surface area contributed by atoms with E-state index in [1.54, 1.807) is 12.1 Å². The van der Waals surface area contributed by atoms with Gasteiger partial charge in [-0.1, -0.05) is 32.0 Å². The number of para-hydroxylation sites is 1. The summed E-state index contributed by atoms with van der Waals surface area (Å²) in [6.07, 6.45) is 0. The second kappa shape index (κ2) is 9.96. The van der Waals surface area contributed by atoms with Gasteiger partial charge >= 0.3 is 0 Å². The molecule has 0 heterocycles. The Kier molecular flexibility index (Phi) is 8.31. The van der Waals surface area contributed by atoms with Gasteiger partial charge in [0.2, 0.25) is 0 Å². The first-order chi connectivity index (χ1) is 12.1. The summed E-state index contributed by atoms with van der Waals surface area (Å²) < 4.78 is 5.39. The molecule has 0 bridgehead atoms. The van der Waals surface area contributed by atoms with Crippen molar-refractivity contribution >= 4 is 29.1 Å². The van der Waals surface area contributed by atoms with Crippen molar-refractivity contribution in [1.82, 2.24) is 21.5 Å². The fraction of sp³-hybridized carbons (Fsp3) is 0.500. The van der Waals surface area contributed by atoms with Crippen LogP contribution in [0.15, 0.2) is 30.3 Å². The molecule has 0 spiro atoms. The van der Waals surface area contributed by atoms with Crippen LogP contribution in [0, 0.1) is 5.92 Å². The van der Waals surface area contributed by atoms with Crippen LogP contribution in [0.5, 0.6) is 5.75 Å². The van der Waals surface area contributed by atoms with Crippen LogP contribution in [0.1, 0.15) is 34.6 Å². The minimum Gasteiger partial charge on any atom is -0.484 e. The maximum Gasteiger partial charge on any atom is 0.261 e. The van der Waals surface area contributed by atoms with Gasteiger partial charge in [-0.2, -0.15) is 0 Å². The lowest BCUT2D eigenvalue weighted by Crippen LogP contribution is -2.58. The van der Waals surface area contributed by atoms with Gasteiger partial charge in [0.1, 0.15) is 11.8 Å². The molecule has 0 fully saturated rings. The standard InChI is InChI=1S/C18H28N4O3S/c1-12(2)15(16(24)21-22-17(26)20-18(3,4)5)19-14(23)11-25-13-9-7-6-8-10-13/h6-10,12,15H,11H2,1-5H3,(H,19,23)(H,21,24)(H2,20,22,26)/t15-/m0/s1. The summed E-state index contributed by atoms with van der Waals surface area (Å²) in [5.41, 5.74) is 4.93. The molecule has 144 valence electrons. The zero-order valence-electron chi connectivity index (χ0n) is 15.9. The minimum atomic E-state index is -0.716. The van der Waals surface area contributed by atoms with Crippen molar-refractivity contribution in [2.45, 2.75) is 46.2 Å². The number of ether oxygens (including phenoxy) is 1. The molecule has 0 aliphatic carbocycles. The van der Waals surface area contributed by atoms with Crippen molar-refractivity contribution in [3.8, 4) is 5.75 Å². The first-order valence-corrected chi connectivity index (χ1v) is 8.84. The van der Waals surface area contributed by atoms with Crippen LogP contribution in [-0.4, -0.2) is 35.1 Å². The Labute approximate surface area is 160 Å². The van der Waals surface area contributed by atoms with Crippen LogP contribution in [-0.2, 0) is 9.59 Å². The molecule has 0 saturated heterocycles. The van der Waals surface area contributed by atoms with Gasteiger partial charge in [-0.15, -0.1) is 0 Å². The number of amides is 2. The number of nitrogens with one attached hydrogen (secondary N) is 4. The lowest BCUT2D eigenvalue weighted by atomic mass is 10.0. The predicted molar refractivity (Wildman–Crippen MR) is 105 cm³/mol. The highest BCUT2D eigenvalue weighted by Crippen LogP contribution is 2.08. The molecular weight excluding hydrogens is 352 g/mol. The first kappa shape index (κ1) is 21.7. The van der Waals surface area contributed by atoms with Gasteiger partial charge in [0.25, 0.3) is 11.8 Å². The lowest BCUT2D eigenvalue weighted by molar-refractivity contribution is -0.131. The van der Waals surface area contributed by atoms with Crippen molar-refractivity contribution in [1.29, 1.82) is 0 Å². The third kappa shape index (κ3) is 8.66.